The van der Waals surface area contributed by atoms with Crippen molar-refractivity contribution in [2.45, 2.75) is 45.6 Å². The first-order valence-electron chi connectivity index (χ1n) is 6.88. The summed E-state index contributed by atoms with van der Waals surface area (Å²) in [6.45, 7) is 9.49. The van der Waals surface area contributed by atoms with E-state index in [0.29, 0.717) is 16.3 Å². The molecule has 5 nitrogen and oxygen atoms in total. The Bertz CT molecular complexity index is 761. The molecular formula is C15H21N3O2S. The lowest BCUT2D eigenvalue weighted by atomic mass is 10.2. The highest BCUT2D eigenvalue weighted by Crippen LogP contribution is 2.26. The maximum absolute atomic E-state index is 12.6. The third-order valence-corrected chi connectivity index (χ3v) is 4.94. The molecule has 0 spiro atoms. The van der Waals surface area contributed by atoms with E-state index in [1.807, 2.05) is 38.4 Å². The Kier molecular flexibility index (Phi) is 4.09. The summed E-state index contributed by atoms with van der Waals surface area (Å²) in [7, 11) is -3.60. The highest BCUT2D eigenvalue weighted by Gasteiger charge is 2.21. The summed E-state index contributed by atoms with van der Waals surface area (Å²) >= 11 is 0. The number of anilines is 1. The lowest BCUT2D eigenvalue weighted by Crippen LogP contribution is -2.15. The Balaban J connectivity index is 2.45. The third-order valence-electron chi connectivity index (χ3n) is 3.43. The zero-order valence-electron chi connectivity index (χ0n) is 13.0. The maximum Gasteiger partial charge on any atom is 0.262 e. The third kappa shape index (κ3) is 2.95. The van der Waals surface area contributed by atoms with Gasteiger partial charge in [0.05, 0.1) is 22.0 Å². The second-order valence-electron chi connectivity index (χ2n) is 5.46. The Hall–Kier alpha value is -1.82. The second-order valence-corrected chi connectivity index (χ2v) is 7.11. The Labute approximate surface area is 126 Å². The van der Waals surface area contributed by atoms with Crippen molar-refractivity contribution in [3.05, 3.63) is 41.2 Å². The maximum atomic E-state index is 12.6. The molecule has 2 rings (SSSR count). The van der Waals surface area contributed by atoms with Crippen LogP contribution in [0.15, 0.2) is 29.2 Å². The van der Waals surface area contributed by atoms with Crippen LogP contribution in [-0.4, -0.2) is 18.2 Å². The molecule has 1 N–H and O–H groups in total. The van der Waals surface area contributed by atoms with E-state index in [1.165, 1.54) is 0 Å². The predicted octanol–water partition coefficient (Wildman–Crippen LogP) is 3.19. The number of rotatable bonds is 4. The summed E-state index contributed by atoms with van der Waals surface area (Å²) in [4.78, 5) is 0.293. The van der Waals surface area contributed by atoms with Gasteiger partial charge in [0, 0.05) is 6.04 Å². The van der Waals surface area contributed by atoms with E-state index in [0.717, 1.165) is 11.3 Å². The van der Waals surface area contributed by atoms with Gasteiger partial charge in [0.2, 0.25) is 0 Å². The predicted molar refractivity (Wildman–Crippen MR) is 84.1 cm³/mol. The molecule has 0 radical (unpaired) electrons. The molecule has 0 bridgehead atoms. The molecule has 0 aliphatic carbocycles. The van der Waals surface area contributed by atoms with E-state index < -0.39 is 10.0 Å². The number of aromatic nitrogens is 2. The first-order chi connectivity index (χ1) is 9.74. The van der Waals surface area contributed by atoms with Crippen LogP contribution in [0.5, 0.6) is 0 Å². The van der Waals surface area contributed by atoms with Gasteiger partial charge in [-0.1, -0.05) is 18.2 Å². The fraction of sp³-hybridized carbons (Fsp3) is 0.400. The first-order valence-corrected chi connectivity index (χ1v) is 8.36. The van der Waals surface area contributed by atoms with E-state index in [4.69, 9.17) is 0 Å². The van der Waals surface area contributed by atoms with Crippen LogP contribution >= 0.6 is 0 Å². The number of benzene rings is 1. The van der Waals surface area contributed by atoms with Gasteiger partial charge in [-0.3, -0.25) is 9.40 Å². The average molecular weight is 307 g/mol. The van der Waals surface area contributed by atoms with E-state index in [2.05, 4.69) is 9.82 Å². The summed E-state index contributed by atoms with van der Waals surface area (Å²) in [6, 6.07) is 7.11. The minimum absolute atomic E-state index is 0.181. The van der Waals surface area contributed by atoms with Gasteiger partial charge in [0.15, 0.2) is 0 Å². The molecule has 1 heterocycles. The van der Waals surface area contributed by atoms with Crippen LogP contribution in [0, 0.1) is 20.8 Å². The lowest BCUT2D eigenvalue weighted by Gasteiger charge is -2.12. The van der Waals surface area contributed by atoms with Crippen LogP contribution in [0.4, 0.5) is 5.69 Å². The van der Waals surface area contributed by atoms with E-state index >= 15 is 0 Å². The van der Waals surface area contributed by atoms with Crippen molar-refractivity contribution in [3.8, 4) is 0 Å². The highest BCUT2D eigenvalue weighted by molar-refractivity contribution is 7.92. The molecule has 0 atom stereocenters. The minimum Gasteiger partial charge on any atom is -0.276 e. The minimum atomic E-state index is -3.60. The number of aryl methyl sites for hydroxylation is 2. The fourth-order valence-corrected chi connectivity index (χ4v) is 3.78. The van der Waals surface area contributed by atoms with Crippen molar-refractivity contribution in [3.63, 3.8) is 0 Å². The molecule has 0 amide bonds. The quantitative estimate of drug-likeness (QED) is 0.943. The second kappa shape index (κ2) is 5.52. The summed E-state index contributed by atoms with van der Waals surface area (Å²) < 4.78 is 29.6. The molecule has 0 aliphatic rings. The topological polar surface area (TPSA) is 64.0 Å². The van der Waals surface area contributed by atoms with Crippen LogP contribution < -0.4 is 4.72 Å². The van der Waals surface area contributed by atoms with Gasteiger partial charge in [0.1, 0.15) is 0 Å². The molecule has 0 saturated carbocycles. The highest BCUT2D eigenvalue weighted by atomic mass is 32.2. The zero-order valence-corrected chi connectivity index (χ0v) is 13.8. The van der Waals surface area contributed by atoms with Crippen molar-refractivity contribution in [2.75, 3.05) is 4.72 Å². The van der Waals surface area contributed by atoms with Crippen LogP contribution in [0.1, 0.15) is 36.8 Å². The normalized spacial score (nSPS) is 11.9. The van der Waals surface area contributed by atoms with Crippen LogP contribution in [0.3, 0.4) is 0 Å². The van der Waals surface area contributed by atoms with E-state index in [-0.39, 0.29) is 6.04 Å². The largest absolute Gasteiger partial charge is 0.276 e. The molecule has 1 aromatic heterocycles. The van der Waals surface area contributed by atoms with Crippen LogP contribution in [0.25, 0.3) is 0 Å². The Morgan fingerprint density at radius 1 is 1.14 bits per heavy atom. The van der Waals surface area contributed by atoms with Crippen LogP contribution in [0.2, 0.25) is 0 Å². The molecule has 0 aliphatic heterocycles. The number of nitrogens with one attached hydrogen (secondary N) is 1. The van der Waals surface area contributed by atoms with E-state index in [1.54, 1.807) is 25.1 Å². The fourth-order valence-electron chi connectivity index (χ4n) is 2.36. The molecule has 114 valence electrons. The Morgan fingerprint density at radius 2 is 1.76 bits per heavy atom. The van der Waals surface area contributed by atoms with Crippen molar-refractivity contribution in [2.24, 2.45) is 0 Å². The summed E-state index contributed by atoms with van der Waals surface area (Å²) in [5.41, 5.74) is 2.78. The molecule has 0 saturated heterocycles. The summed E-state index contributed by atoms with van der Waals surface area (Å²) in [5, 5.41) is 4.40. The molecule has 6 heteroatoms. The van der Waals surface area contributed by atoms with Crippen molar-refractivity contribution >= 4 is 15.7 Å². The van der Waals surface area contributed by atoms with Gasteiger partial charge in [-0.2, -0.15) is 5.10 Å². The van der Waals surface area contributed by atoms with Gasteiger partial charge >= 0.3 is 0 Å². The monoisotopic (exact) mass is 307 g/mol. The van der Waals surface area contributed by atoms with Crippen molar-refractivity contribution < 1.29 is 8.42 Å². The smallest absolute Gasteiger partial charge is 0.262 e. The molecule has 1 aromatic carbocycles. The van der Waals surface area contributed by atoms with Gasteiger partial charge in [-0.05, 0) is 46.2 Å². The molecular weight excluding hydrogens is 286 g/mol. The molecule has 2 aromatic rings. The summed E-state index contributed by atoms with van der Waals surface area (Å²) in [5.74, 6) is 0. The van der Waals surface area contributed by atoms with Crippen molar-refractivity contribution in [1.82, 2.24) is 9.78 Å². The lowest BCUT2D eigenvalue weighted by molar-refractivity contribution is 0.516. The van der Waals surface area contributed by atoms with Crippen LogP contribution in [-0.2, 0) is 10.0 Å². The van der Waals surface area contributed by atoms with E-state index in [9.17, 15) is 8.42 Å². The average Bonchev–Trinajstić information content (AvgIpc) is 2.67. The molecule has 21 heavy (non-hydrogen) atoms. The van der Waals surface area contributed by atoms with Crippen molar-refractivity contribution in [1.29, 1.82) is 0 Å². The molecule has 0 unspecified atom stereocenters. The van der Waals surface area contributed by atoms with Gasteiger partial charge in [0.25, 0.3) is 10.0 Å². The standard InChI is InChI=1S/C15H21N3O2S/c1-10(2)18-13(5)15(12(4)16-18)17-21(19,20)14-9-7-6-8-11(14)3/h6-10,17H,1-5H3. The number of hydrogen-bond acceptors (Lipinski definition) is 3. The van der Waals surface area contributed by atoms with Gasteiger partial charge in [-0.25, -0.2) is 8.42 Å². The SMILES string of the molecule is Cc1ccccc1S(=O)(=O)Nc1c(C)nn(C(C)C)c1C. The number of nitrogens with zero attached hydrogens (tertiary/aromatic N) is 2. The van der Waals surface area contributed by atoms with Gasteiger partial charge < -0.3 is 0 Å². The zero-order chi connectivity index (χ0) is 15.8. The number of sulfonamides is 1. The summed E-state index contributed by atoms with van der Waals surface area (Å²) in [6.07, 6.45) is 0. The Morgan fingerprint density at radius 3 is 2.29 bits per heavy atom. The first kappa shape index (κ1) is 15.6. The van der Waals surface area contributed by atoms with Gasteiger partial charge in [-0.15, -0.1) is 0 Å². The number of hydrogen-bond donors (Lipinski definition) is 1. The molecule has 0 fully saturated rings.